The summed E-state index contributed by atoms with van der Waals surface area (Å²) in [5.41, 5.74) is -0.267. The highest BCUT2D eigenvalue weighted by molar-refractivity contribution is 5.56. The zero-order valence-electron chi connectivity index (χ0n) is 10.5. The normalized spacial score (nSPS) is 25.3. The summed E-state index contributed by atoms with van der Waals surface area (Å²) in [4.78, 5) is 1.84. The van der Waals surface area contributed by atoms with Crippen molar-refractivity contribution in [1.29, 1.82) is 0 Å². The summed E-state index contributed by atoms with van der Waals surface area (Å²) in [7, 11) is 0. The molecule has 0 aliphatic carbocycles. The molecule has 2 nitrogen and oxygen atoms in total. The highest BCUT2D eigenvalue weighted by Crippen LogP contribution is 2.37. The summed E-state index contributed by atoms with van der Waals surface area (Å²) in [5.74, 6) is 0. The molecule has 1 aromatic carbocycles. The topological polar surface area (TPSA) is 15.3 Å². The van der Waals surface area contributed by atoms with Crippen molar-refractivity contribution in [1.82, 2.24) is 5.32 Å². The summed E-state index contributed by atoms with van der Waals surface area (Å²) in [5, 5.41) is 3.27. The Labute approximate surface area is 105 Å². The van der Waals surface area contributed by atoms with Gasteiger partial charge in [-0.05, 0) is 26.0 Å². The van der Waals surface area contributed by atoms with Gasteiger partial charge in [-0.15, -0.1) is 0 Å². The molecule has 0 spiro atoms. The summed E-state index contributed by atoms with van der Waals surface area (Å²) in [6.07, 6.45) is -4.30. The van der Waals surface area contributed by atoms with E-state index < -0.39 is 11.7 Å². The molecule has 1 aliphatic rings. The Morgan fingerprint density at radius 3 is 2.56 bits per heavy atom. The first-order valence-electron chi connectivity index (χ1n) is 6.06. The highest BCUT2D eigenvalue weighted by atomic mass is 19.4. The van der Waals surface area contributed by atoms with Crippen molar-refractivity contribution in [2.24, 2.45) is 0 Å². The van der Waals surface area contributed by atoms with Crippen LogP contribution in [0.4, 0.5) is 18.9 Å². The number of hydrogen-bond acceptors (Lipinski definition) is 2. The predicted octanol–water partition coefficient (Wildman–Crippen LogP) is 2.89. The molecule has 1 aromatic rings. The van der Waals surface area contributed by atoms with E-state index in [1.807, 2.05) is 18.7 Å². The number of benzene rings is 1. The molecule has 2 rings (SSSR count). The second-order valence-electron chi connectivity index (χ2n) is 4.83. The molecular formula is C13H17F3N2. The maximum atomic E-state index is 13.0. The van der Waals surface area contributed by atoms with Gasteiger partial charge in [0.05, 0.1) is 5.56 Å². The lowest BCUT2D eigenvalue weighted by molar-refractivity contribution is -0.137. The first-order valence-corrected chi connectivity index (χ1v) is 6.06. The molecule has 2 atom stereocenters. The minimum Gasteiger partial charge on any atom is -0.366 e. The molecule has 18 heavy (non-hydrogen) atoms. The Morgan fingerprint density at radius 1 is 1.22 bits per heavy atom. The van der Waals surface area contributed by atoms with Crippen LogP contribution in [0.3, 0.4) is 0 Å². The van der Waals surface area contributed by atoms with E-state index in [9.17, 15) is 13.2 Å². The van der Waals surface area contributed by atoms with Gasteiger partial charge in [0.25, 0.3) is 0 Å². The van der Waals surface area contributed by atoms with Crippen molar-refractivity contribution in [3.05, 3.63) is 29.8 Å². The molecule has 100 valence electrons. The van der Waals surface area contributed by atoms with Crippen molar-refractivity contribution in [3.8, 4) is 0 Å². The number of anilines is 1. The molecule has 0 amide bonds. The van der Waals surface area contributed by atoms with Crippen LogP contribution in [0.5, 0.6) is 0 Å². The molecule has 1 saturated heterocycles. The lowest BCUT2D eigenvalue weighted by Crippen LogP contribution is -2.54. The van der Waals surface area contributed by atoms with E-state index in [1.54, 1.807) is 12.1 Å². The molecule has 1 N–H and O–H groups in total. The van der Waals surface area contributed by atoms with Crippen LogP contribution < -0.4 is 10.2 Å². The summed E-state index contributed by atoms with van der Waals surface area (Å²) < 4.78 is 39.0. The number of hydrogen-bond donors (Lipinski definition) is 1. The van der Waals surface area contributed by atoms with Gasteiger partial charge in [-0.2, -0.15) is 13.2 Å². The predicted molar refractivity (Wildman–Crippen MR) is 65.7 cm³/mol. The van der Waals surface area contributed by atoms with Crippen LogP contribution in [0.25, 0.3) is 0 Å². The highest BCUT2D eigenvalue weighted by Gasteiger charge is 2.36. The molecule has 0 aromatic heterocycles. The third-order valence-electron chi connectivity index (χ3n) is 3.28. The van der Waals surface area contributed by atoms with Crippen LogP contribution >= 0.6 is 0 Å². The van der Waals surface area contributed by atoms with Gasteiger partial charge >= 0.3 is 6.18 Å². The molecular weight excluding hydrogens is 241 g/mol. The molecule has 1 fully saturated rings. The molecule has 0 saturated carbocycles. The van der Waals surface area contributed by atoms with Crippen LogP contribution in [0.15, 0.2) is 24.3 Å². The molecule has 1 heterocycles. The summed E-state index contributed by atoms with van der Waals surface area (Å²) in [6.45, 7) is 5.21. The Kier molecular flexibility index (Phi) is 3.52. The minimum atomic E-state index is -4.30. The molecule has 1 aliphatic heterocycles. The average Bonchev–Trinajstić information content (AvgIpc) is 2.31. The number of piperazine rings is 1. The standard InChI is InChI=1S/C13H17F3N2/c1-9-8-18(10(2)7-17-9)12-6-4-3-5-11(12)13(14,15)16/h3-6,9-10,17H,7-8H2,1-2H3. The van der Waals surface area contributed by atoms with Crippen molar-refractivity contribution in [3.63, 3.8) is 0 Å². The summed E-state index contributed by atoms with van der Waals surface area (Å²) >= 11 is 0. The first kappa shape index (κ1) is 13.2. The lowest BCUT2D eigenvalue weighted by Gasteiger charge is -2.40. The number of para-hydroxylation sites is 1. The van der Waals surface area contributed by atoms with Crippen molar-refractivity contribution < 1.29 is 13.2 Å². The maximum Gasteiger partial charge on any atom is 0.418 e. The number of nitrogens with one attached hydrogen (secondary N) is 1. The van der Waals surface area contributed by atoms with Crippen molar-refractivity contribution >= 4 is 5.69 Å². The number of rotatable bonds is 1. The van der Waals surface area contributed by atoms with E-state index in [-0.39, 0.29) is 17.8 Å². The van der Waals surface area contributed by atoms with Crippen molar-refractivity contribution in [2.75, 3.05) is 18.0 Å². The molecule has 2 unspecified atom stereocenters. The van der Waals surface area contributed by atoms with Gasteiger partial charge in [0.2, 0.25) is 0 Å². The fraction of sp³-hybridized carbons (Fsp3) is 0.538. The van der Waals surface area contributed by atoms with E-state index in [4.69, 9.17) is 0 Å². The van der Waals surface area contributed by atoms with Gasteiger partial charge in [-0.3, -0.25) is 0 Å². The van der Waals surface area contributed by atoms with Gasteiger partial charge in [0, 0.05) is 30.9 Å². The fourth-order valence-corrected chi connectivity index (χ4v) is 2.32. The molecule has 5 heteroatoms. The van der Waals surface area contributed by atoms with Crippen molar-refractivity contribution in [2.45, 2.75) is 32.1 Å². The Hall–Kier alpha value is -1.23. The number of alkyl halides is 3. The molecule has 0 bridgehead atoms. The van der Waals surface area contributed by atoms with E-state index in [0.29, 0.717) is 13.1 Å². The summed E-state index contributed by atoms with van der Waals surface area (Å²) in [6, 6.07) is 6.05. The van der Waals surface area contributed by atoms with E-state index in [1.165, 1.54) is 6.07 Å². The van der Waals surface area contributed by atoms with Gasteiger partial charge in [-0.1, -0.05) is 12.1 Å². The van der Waals surface area contributed by atoms with E-state index in [0.717, 1.165) is 6.07 Å². The zero-order valence-corrected chi connectivity index (χ0v) is 10.5. The zero-order chi connectivity index (χ0) is 13.3. The number of nitrogens with zero attached hydrogens (tertiary/aromatic N) is 1. The SMILES string of the molecule is CC1CN(c2ccccc2C(F)(F)F)C(C)CN1. The minimum absolute atomic E-state index is 0.0599. The van der Waals surface area contributed by atoms with Gasteiger partial charge < -0.3 is 10.2 Å². The third kappa shape index (κ3) is 2.61. The first-order chi connectivity index (χ1) is 8.39. The van der Waals surface area contributed by atoms with Crippen LogP contribution in [0.2, 0.25) is 0 Å². The smallest absolute Gasteiger partial charge is 0.366 e. The average molecular weight is 258 g/mol. The van der Waals surface area contributed by atoms with E-state index in [2.05, 4.69) is 5.32 Å². The van der Waals surface area contributed by atoms with Crippen LogP contribution in [-0.4, -0.2) is 25.2 Å². The largest absolute Gasteiger partial charge is 0.418 e. The van der Waals surface area contributed by atoms with Gasteiger partial charge in [-0.25, -0.2) is 0 Å². The van der Waals surface area contributed by atoms with Crippen LogP contribution in [-0.2, 0) is 6.18 Å². The van der Waals surface area contributed by atoms with Crippen LogP contribution in [0.1, 0.15) is 19.4 Å². The number of halogens is 3. The van der Waals surface area contributed by atoms with Crippen LogP contribution in [0, 0.1) is 0 Å². The second kappa shape index (κ2) is 4.80. The Morgan fingerprint density at radius 2 is 1.89 bits per heavy atom. The Balaban J connectivity index is 2.38. The fourth-order valence-electron chi connectivity index (χ4n) is 2.32. The van der Waals surface area contributed by atoms with Gasteiger partial charge in [0.1, 0.15) is 0 Å². The second-order valence-corrected chi connectivity index (χ2v) is 4.83. The van der Waals surface area contributed by atoms with E-state index >= 15 is 0 Å². The quantitative estimate of drug-likeness (QED) is 0.833. The van der Waals surface area contributed by atoms with Gasteiger partial charge in [0.15, 0.2) is 0 Å². The monoisotopic (exact) mass is 258 g/mol. The maximum absolute atomic E-state index is 13.0. The Bertz CT molecular complexity index is 417. The third-order valence-corrected chi connectivity index (χ3v) is 3.28. The molecule has 0 radical (unpaired) electrons. The lowest BCUT2D eigenvalue weighted by atomic mass is 10.1.